The maximum absolute atomic E-state index is 13.7. The van der Waals surface area contributed by atoms with E-state index >= 15 is 0 Å². The van der Waals surface area contributed by atoms with E-state index in [2.05, 4.69) is 0 Å². The standard InChI is InChI=1S/C15H16F4O2/c1-13(2,7-14(8-21-14)15(17,18)19)11-6-10(16)5-9-3-4-20-12(9)11/h5-6H,3-4,7-8H2,1-2H3. The summed E-state index contributed by atoms with van der Waals surface area (Å²) in [5.41, 5.74) is -1.80. The van der Waals surface area contributed by atoms with E-state index in [1.807, 2.05) is 0 Å². The molecule has 2 aliphatic heterocycles. The Morgan fingerprint density at radius 2 is 1.90 bits per heavy atom. The molecule has 1 saturated heterocycles. The molecule has 1 aromatic carbocycles. The molecule has 1 aromatic rings. The molecule has 0 aliphatic carbocycles. The third-order valence-corrected chi connectivity index (χ3v) is 4.21. The zero-order valence-corrected chi connectivity index (χ0v) is 11.8. The van der Waals surface area contributed by atoms with Gasteiger partial charge < -0.3 is 9.47 Å². The van der Waals surface area contributed by atoms with Crippen molar-refractivity contribution in [3.05, 3.63) is 29.1 Å². The molecule has 2 nitrogen and oxygen atoms in total. The molecule has 3 rings (SSSR count). The van der Waals surface area contributed by atoms with E-state index in [1.54, 1.807) is 13.8 Å². The van der Waals surface area contributed by atoms with Crippen molar-refractivity contribution in [1.29, 1.82) is 0 Å². The zero-order valence-electron chi connectivity index (χ0n) is 11.8. The molecule has 0 aromatic heterocycles. The molecule has 1 fully saturated rings. The van der Waals surface area contributed by atoms with Gasteiger partial charge in [-0.2, -0.15) is 13.2 Å². The Morgan fingerprint density at radius 1 is 1.24 bits per heavy atom. The van der Waals surface area contributed by atoms with Crippen molar-refractivity contribution in [3.63, 3.8) is 0 Å². The second-order valence-electron chi connectivity index (χ2n) is 6.38. The lowest BCUT2D eigenvalue weighted by atomic mass is 9.76. The number of halogens is 4. The zero-order chi connectivity index (χ0) is 15.5. The van der Waals surface area contributed by atoms with Crippen molar-refractivity contribution < 1.29 is 27.0 Å². The summed E-state index contributed by atoms with van der Waals surface area (Å²) in [6, 6.07) is 2.66. The topological polar surface area (TPSA) is 21.8 Å². The van der Waals surface area contributed by atoms with Crippen LogP contribution in [0, 0.1) is 5.82 Å². The monoisotopic (exact) mass is 304 g/mol. The Hall–Kier alpha value is -1.30. The Bertz CT molecular complexity index is 574. The van der Waals surface area contributed by atoms with Crippen LogP contribution in [0.4, 0.5) is 17.6 Å². The van der Waals surface area contributed by atoms with Gasteiger partial charge in [0, 0.05) is 17.5 Å². The van der Waals surface area contributed by atoms with E-state index in [4.69, 9.17) is 9.47 Å². The maximum Gasteiger partial charge on any atom is 0.419 e. The van der Waals surface area contributed by atoms with Crippen LogP contribution in [0.25, 0.3) is 0 Å². The van der Waals surface area contributed by atoms with E-state index in [1.165, 1.54) is 12.1 Å². The lowest BCUT2D eigenvalue weighted by molar-refractivity contribution is -0.188. The van der Waals surface area contributed by atoms with Gasteiger partial charge in [-0.05, 0) is 24.0 Å². The quantitative estimate of drug-likeness (QED) is 0.626. The Balaban J connectivity index is 1.96. The molecular formula is C15H16F4O2. The molecule has 21 heavy (non-hydrogen) atoms. The van der Waals surface area contributed by atoms with E-state index in [9.17, 15) is 17.6 Å². The average Bonchev–Trinajstić information content (AvgIpc) is 2.98. The SMILES string of the molecule is CC(C)(CC1(C(F)(F)F)CO1)c1cc(F)cc2c1OCC2. The highest BCUT2D eigenvalue weighted by atomic mass is 19.4. The Labute approximate surface area is 120 Å². The summed E-state index contributed by atoms with van der Waals surface area (Å²) in [5, 5.41) is 0. The lowest BCUT2D eigenvalue weighted by Gasteiger charge is -2.31. The van der Waals surface area contributed by atoms with Crippen LogP contribution in [0.3, 0.4) is 0 Å². The second-order valence-corrected chi connectivity index (χ2v) is 6.38. The van der Waals surface area contributed by atoms with Gasteiger partial charge in [-0.25, -0.2) is 4.39 Å². The number of epoxide rings is 1. The maximum atomic E-state index is 13.7. The fourth-order valence-electron chi connectivity index (χ4n) is 3.03. The van der Waals surface area contributed by atoms with Gasteiger partial charge in [0.1, 0.15) is 11.6 Å². The molecule has 116 valence electrons. The first-order valence-corrected chi connectivity index (χ1v) is 6.81. The Morgan fingerprint density at radius 3 is 2.48 bits per heavy atom. The van der Waals surface area contributed by atoms with Gasteiger partial charge >= 0.3 is 6.18 Å². The summed E-state index contributed by atoms with van der Waals surface area (Å²) in [4.78, 5) is 0. The van der Waals surface area contributed by atoms with Crippen LogP contribution < -0.4 is 4.74 Å². The van der Waals surface area contributed by atoms with Gasteiger partial charge in [0.15, 0.2) is 5.60 Å². The number of alkyl halides is 3. The second kappa shape index (κ2) is 4.35. The van der Waals surface area contributed by atoms with Crippen LogP contribution in [-0.4, -0.2) is 25.0 Å². The van der Waals surface area contributed by atoms with Crippen molar-refractivity contribution in [3.8, 4) is 5.75 Å². The molecule has 0 N–H and O–H groups in total. The molecule has 2 heterocycles. The number of benzene rings is 1. The summed E-state index contributed by atoms with van der Waals surface area (Å²) in [6.07, 6.45) is -4.08. The molecule has 0 spiro atoms. The molecule has 1 atom stereocenters. The molecular weight excluding hydrogens is 288 g/mol. The highest BCUT2D eigenvalue weighted by Gasteiger charge is 2.67. The van der Waals surface area contributed by atoms with Crippen molar-refractivity contribution in [2.75, 3.05) is 13.2 Å². The van der Waals surface area contributed by atoms with E-state index in [-0.39, 0.29) is 13.0 Å². The minimum absolute atomic E-state index is 0.247. The van der Waals surface area contributed by atoms with E-state index in [0.717, 1.165) is 5.56 Å². The smallest absolute Gasteiger partial charge is 0.419 e. The van der Waals surface area contributed by atoms with Gasteiger partial charge in [0.05, 0.1) is 13.2 Å². The van der Waals surface area contributed by atoms with Crippen molar-refractivity contribution >= 4 is 0 Å². The molecule has 6 heteroatoms. The van der Waals surface area contributed by atoms with Gasteiger partial charge in [0.2, 0.25) is 0 Å². The number of ether oxygens (including phenoxy) is 2. The third-order valence-electron chi connectivity index (χ3n) is 4.21. The number of hydrogen-bond donors (Lipinski definition) is 0. The van der Waals surface area contributed by atoms with Gasteiger partial charge in [-0.15, -0.1) is 0 Å². The fourth-order valence-corrected chi connectivity index (χ4v) is 3.03. The normalized spacial score (nSPS) is 24.7. The van der Waals surface area contributed by atoms with Crippen LogP contribution >= 0.6 is 0 Å². The van der Waals surface area contributed by atoms with Crippen LogP contribution in [0.15, 0.2) is 12.1 Å². The summed E-state index contributed by atoms with van der Waals surface area (Å²) < 4.78 is 63.1. The van der Waals surface area contributed by atoms with Crippen molar-refractivity contribution in [2.45, 2.75) is 43.9 Å². The minimum Gasteiger partial charge on any atom is -0.493 e. The highest BCUT2D eigenvalue weighted by Crippen LogP contribution is 2.52. The van der Waals surface area contributed by atoms with Gasteiger partial charge in [-0.3, -0.25) is 0 Å². The van der Waals surface area contributed by atoms with Crippen LogP contribution in [-0.2, 0) is 16.6 Å². The third kappa shape index (κ3) is 2.39. The fraction of sp³-hybridized carbons (Fsp3) is 0.600. The van der Waals surface area contributed by atoms with Crippen LogP contribution in [0.5, 0.6) is 5.75 Å². The largest absolute Gasteiger partial charge is 0.493 e. The molecule has 0 bridgehead atoms. The summed E-state index contributed by atoms with van der Waals surface area (Å²) in [5.74, 6) is 0.0828. The molecule has 1 unspecified atom stereocenters. The van der Waals surface area contributed by atoms with Gasteiger partial charge in [-0.1, -0.05) is 13.8 Å². The summed E-state index contributed by atoms with van der Waals surface area (Å²) >= 11 is 0. The predicted molar refractivity (Wildman–Crippen MR) is 68.0 cm³/mol. The summed E-state index contributed by atoms with van der Waals surface area (Å²) in [7, 11) is 0. The van der Waals surface area contributed by atoms with E-state index < -0.39 is 23.0 Å². The lowest BCUT2D eigenvalue weighted by Crippen LogP contribution is -2.39. The molecule has 2 aliphatic rings. The first-order valence-electron chi connectivity index (χ1n) is 6.81. The summed E-state index contributed by atoms with van der Waals surface area (Å²) in [6.45, 7) is 3.43. The highest BCUT2D eigenvalue weighted by molar-refractivity contribution is 5.48. The predicted octanol–water partition coefficient (Wildman–Crippen LogP) is 3.76. The Kier molecular flexibility index (Phi) is 3.03. The van der Waals surface area contributed by atoms with Crippen LogP contribution in [0.2, 0.25) is 0 Å². The van der Waals surface area contributed by atoms with Gasteiger partial charge in [0.25, 0.3) is 0 Å². The number of rotatable bonds is 3. The first kappa shape index (κ1) is 14.6. The van der Waals surface area contributed by atoms with E-state index in [0.29, 0.717) is 24.3 Å². The minimum atomic E-state index is -4.42. The molecule has 0 radical (unpaired) electrons. The number of fused-ring (bicyclic) bond motifs is 1. The van der Waals surface area contributed by atoms with Crippen LogP contribution in [0.1, 0.15) is 31.4 Å². The molecule has 0 amide bonds. The number of hydrogen-bond acceptors (Lipinski definition) is 2. The first-order chi connectivity index (χ1) is 9.65. The van der Waals surface area contributed by atoms with Crippen molar-refractivity contribution in [1.82, 2.24) is 0 Å². The average molecular weight is 304 g/mol. The molecule has 0 saturated carbocycles. The van der Waals surface area contributed by atoms with Crippen molar-refractivity contribution in [2.24, 2.45) is 0 Å².